The Balaban J connectivity index is 1.87. The first-order valence-electron chi connectivity index (χ1n) is 8.37. The molecule has 1 heteroatoms. The summed E-state index contributed by atoms with van der Waals surface area (Å²) < 4.78 is 0. The van der Waals surface area contributed by atoms with Crippen LogP contribution in [-0.4, -0.2) is 4.98 Å². The molecule has 0 aliphatic rings. The Kier molecular flexibility index (Phi) is 3.42. The molecule has 1 unspecified atom stereocenters. The average molecular weight is 299 g/mol. The second kappa shape index (κ2) is 5.58. The van der Waals surface area contributed by atoms with Gasteiger partial charge in [-0.05, 0) is 47.2 Å². The first kappa shape index (κ1) is 14.1. The predicted octanol–water partition coefficient (Wildman–Crippen LogP) is 6.50. The Hall–Kier alpha value is -2.54. The summed E-state index contributed by atoms with van der Waals surface area (Å²) in [6, 6.07) is 24.2. The van der Waals surface area contributed by atoms with Gasteiger partial charge in [-0.15, -0.1) is 0 Å². The zero-order chi connectivity index (χ0) is 15.8. The minimum absolute atomic E-state index is 0.603. The molecule has 1 nitrogen and oxygen atoms in total. The van der Waals surface area contributed by atoms with Gasteiger partial charge in [-0.25, -0.2) is 0 Å². The molecule has 0 radical (unpaired) electrons. The lowest BCUT2D eigenvalue weighted by Gasteiger charge is -2.11. The lowest BCUT2D eigenvalue weighted by molar-refractivity contribution is 0.734. The summed E-state index contributed by atoms with van der Waals surface area (Å²) in [5.41, 5.74) is 6.41. The van der Waals surface area contributed by atoms with Gasteiger partial charge in [-0.1, -0.05) is 62.4 Å². The molecule has 0 aliphatic heterocycles. The molecular formula is C22H21N. The van der Waals surface area contributed by atoms with E-state index in [1.54, 1.807) is 0 Å². The summed E-state index contributed by atoms with van der Waals surface area (Å²) >= 11 is 0. The van der Waals surface area contributed by atoms with Crippen LogP contribution in [0.25, 0.3) is 32.9 Å². The van der Waals surface area contributed by atoms with Gasteiger partial charge in [0.05, 0.1) is 0 Å². The van der Waals surface area contributed by atoms with Gasteiger partial charge in [0.1, 0.15) is 0 Å². The van der Waals surface area contributed by atoms with Gasteiger partial charge >= 0.3 is 0 Å². The highest BCUT2D eigenvalue weighted by molar-refractivity contribution is 6.08. The van der Waals surface area contributed by atoms with Crippen LogP contribution in [0.4, 0.5) is 0 Å². The number of fused-ring (bicyclic) bond motifs is 3. The van der Waals surface area contributed by atoms with Gasteiger partial charge in [-0.3, -0.25) is 0 Å². The number of aromatic amines is 1. The zero-order valence-electron chi connectivity index (χ0n) is 13.6. The van der Waals surface area contributed by atoms with Crippen molar-refractivity contribution in [3.8, 4) is 11.1 Å². The van der Waals surface area contributed by atoms with Crippen molar-refractivity contribution in [3.63, 3.8) is 0 Å². The van der Waals surface area contributed by atoms with Crippen LogP contribution >= 0.6 is 0 Å². The minimum Gasteiger partial charge on any atom is -0.355 e. The Bertz CT molecular complexity index is 978. The van der Waals surface area contributed by atoms with Crippen molar-refractivity contribution in [2.75, 3.05) is 0 Å². The molecule has 0 saturated carbocycles. The quantitative estimate of drug-likeness (QED) is 0.444. The van der Waals surface area contributed by atoms with E-state index in [9.17, 15) is 0 Å². The number of hydrogen-bond donors (Lipinski definition) is 1. The zero-order valence-corrected chi connectivity index (χ0v) is 13.6. The molecule has 0 saturated heterocycles. The van der Waals surface area contributed by atoms with Crippen LogP contribution in [-0.2, 0) is 0 Å². The van der Waals surface area contributed by atoms with Crippen molar-refractivity contribution in [2.24, 2.45) is 0 Å². The van der Waals surface area contributed by atoms with Gasteiger partial charge in [-0.2, -0.15) is 0 Å². The van der Waals surface area contributed by atoms with Crippen molar-refractivity contribution in [3.05, 3.63) is 72.3 Å². The Morgan fingerprint density at radius 3 is 2.43 bits per heavy atom. The summed E-state index contributed by atoms with van der Waals surface area (Å²) in [7, 11) is 0. The number of hydrogen-bond acceptors (Lipinski definition) is 0. The molecule has 23 heavy (non-hydrogen) atoms. The smallest absolute Gasteiger partial charge is 0.0465 e. The molecule has 1 N–H and O–H groups in total. The summed E-state index contributed by atoms with van der Waals surface area (Å²) in [6.45, 7) is 4.54. The molecule has 0 spiro atoms. The fraction of sp³-hybridized carbons (Fsp3) is 0.182. The second-order valence-electron chi connectivity index (χ2n) is 6.37. The highest BCUT2D eigenvalue weighted by Gasteiger charge is 2.08. The van der Waals surface area contributed by atoms with Crippen molar-refractivity contribution in [1.82, 2.24) is 4.98 Å². The average Bonchev–Trinajstić information content (AvgIpc) is 2.99. The number of aromatic nitrogens is 1. The maximum atomic E-state index is 3.50. The third-order valence-corrected chi connectivity index (χ3v) is 4.91. The lowest BCUT2D eigenvalue weighted by Crippen LogP contribution is -1.91. The van der Waals surface area contributed by atoms with Crippen LogP contribution in [0.1, 0.15) is 31.7 Å². The number of para-hydroxylation sites is 1. The molecule has 0 aliphatic carbocycles. The number of rotatable bonds is 3. The van der Waals surface area contributed by atoms with Crippen LogP contribution in [0, 0.1) is 0 Å². The number of H-pyrrole nitrogens is 1. The van der Waals surface area contributed by atoms with Gasteiger partial charge in [0.2, 0.25) is 0 Å². The normalized spacial score (nSPS) is 12.8. The van der Waals surface area contributed by atoms with Crippen molar-refractivity contribution < 1.29 is 0 Å². The van der Waals surface area contributed by atoms with E-state index in [-0.39, 0.29) is 0 Å². The predicted molar refractivity (Wildman–Crippen MR) is 99.9 cm³/mol. The highest BCUT2D eigenvalue weighted by atomic mass is 14.7. The molecule has 0 bridgehead atoms. The lowest BCUT2D eigenvalue weighted by atomic mass is 9.94. The fourth-order valence-electron chi connectivity index (χ4n) is 3.29. The van der Waals surface area contributed by atoms with Crippen LogP contribution in [0.2, 0.25) is 0 Å². The topological polar surface area (TPSA) is 15.8 Å². The summed E-state index contributed by atoms with van der Waals surface area (Å²) in [6.07, 6.45) is 1.17. The first-order valence-corrected chi connectivity index (χ1v) is 8.37. The third kappa shape index (κ3) is 2.43. The Morgan fingerprint density at radius 1 is 0.783 bits per heavy atom. The number of nitrogens with one attached hydrogen (secondary N) is 1. The van der Waals surface area contributed by atoms with Gasteiger partial charge in [0.25, 0.3) is 0 Å². The minimum atomic E-state index is 0.603. The van der Waals surface area contributed by atoms with E-state index in [4.69, 9.17) is 0 Å². The molecule has 0 fully saturated rings. The van der Waals surface area contributed by atoms with E-state index in [1.165, 1.54) is 44.9 Å². The van der Waals surface area contributed by atoms with Crippen LogP contribution in [0.5, 0.6) is 0 Å². The van der Waals surface area contributed by atoms with Crippen LogP contribution in [0.3, 0.4) is 0 Å². The largest absolute Gasteiger partial charge is 0.355 e. The molecule has 0 amide bonds. The first-order chi connectivity index (χ1) is 11.3. The Labute approximate surface area is 137 Å². The van der Waals surface area contributed by atoms with E-state index >= 15 is 0 Å². The van der Waals surface area contributed by atoms with Gasteiger partial charge in [0, 0.05) is 21.8 Å². The maximum absolute atomic E-state index is 3.50. The highest BCUT2D eigenvalue weighted by Crippen LogP contribution is 2.31. The SMILES string of the molecule is CCC(C)c1cccc(-c2ccc3[nH]c4ccccc4c3c2)c1. The van der Waals surface area contributed by atoms with E-state index < -0.39 is 0 Å². The molecule has 4 aromatic rings. The summed E-state index contributed by atoms with van der Waals surface area (Å²) in [5, 5.41) is 2.59. The van der Waals surface area contributed by atoms with Crippen LogP contribution in [0.15, 0.2) is 66.7 Å². The Morgan fingerprint density at radius 2 is 1.57 bits per heavy atom. The van der Waals surface area contributed by atoms with Crippen molar-refractivity contribution in [2.45, 2.75) is 26.2 Å². The molecule has 4 rings (SSSR count). The molecule has 1 heterocycles. The van der Waals surface area contributed by atoms with Crippen LogP contribution < -0.4 is 0 Å². The van der Waals surface area contributed by atoms with Crippen molar-refractivity contribution in [1.29, 1.82) is 0 Å². The summed E-state index contributed by atoms with van der Waals surface area (Å²) in [4.78, 5) is 3.50. The monoisotopic (exact) mass is 299 g/mol. The van der Waals surface area contributed by atoms with Gasteiger partial charge in [0.15, 0.2) is 0 Å². The van der Waals surface area contributed by atoms with Crippen molar-refractivity contribution >= 4 is 21.8 Å². The second-order valence-corrected chi connectivity index (χ2v) is 6.37. The molecule has 114 valence electrons. The van der Waals surface area contributed by atoms with Gasteiger partial charge < -0.3 is 4.98 Å². The van der Waals surface area contributed by atoms with E-state index in [0.29, 0.717) is 5.92 Å². The molecule has 3 aromatic carbocycles. The molecular weight excluding hydrogens is 278 g/mol. The molecule has 1 aromatic heterocycles. The number of benzene rings is 3. The van der Waals surface area contributed by atoms with E-state index in [0.717, 1.165) is 0 Å². The maximum Gasteiger partial charge on any atom is 0.0465 e. The third-order valence-electron chi connectivity index (χ3n) is 4.91. The summed E-state index contributed by atoms with van der Waals surface area (Å²) in [5.74, 6) is 0.603. The van der Waals surface area contributed by atoms with E-state index in [2.05, 4.69) is 85.6 Å². The standard InChI is InChI=1S/C22H21N/c1-3-15(2)16-7-6-8-17(13-16)18-11-12-22-20(14-18)19-9-4-5-10-21(19)23-22/h4-15,23H,3H2,1-2H3. The molecule has 1 atom stereocenters. The van der Waals surface area contributed by atoms with E-state index in [1.807, 2.05) is 0 Å². The fourth-order valence-corrected chi connectivity index (χ4v) is 3.29.